The summed E-state index contributed by atoms with van der Waals surface area (Å²) in [6.07, 6.45) is 27.1. The number of ether oxygens (including phenoxy) is 1. The molecule has 2 nitrogen and oxygen atoms in total. The van der Waals surface area contributed by atoms with Gasteiger partial charge < -0.3 is 4.74 Å². The van der Waals surface area contributed by atoms with Crippen LogP contribution in [0.15, 0.2) is 24.8 Å². The number of rotatable bonds is 19. The molecule has 0 unspecified atom stereocenters. The van der Waals surface area contributed by atoms with Crippen molar-refractivity contribution in [2.24, 2.45) is 0 Å². The van der Waals surface area contributed by atoms with Gasteiger partial charge in [-0.3, -0.25) is 0 Å². The molecule has 0 bridgehead atoms. The Labute approximate surface area is 157 Å². The minimum Gasteiger partial charge on any atom is -0.463 e. The van der Waals surface area contributed by atoms with Crippen LogP contribution in [-0.4, -0.2) is 12.6 Å². The van der Waals surface area contributed by atoms with Crippen molar-refractivity contribution in [1.82, 2.24) is 0 Å². The van der Waals surface area contributed by atoms with Gasteiger partial charge in [0.25, 0.3) is 0 Å². The van der Waals surface area contributed by atoms with Crippen molar-refractivity contribution in [3.63, 3.8) is 0 Å². The summed E-state index contributed by atoms with van der Waals surface area (Å²) in [7, 11) is 0. The van der Waals surface area contributed by atoms with Gasteiger partial charge in [0, 0.05) is 6.08 Å². The van der Waals surface area contributed by atoms with Crippen LogP contribution in [0.3, 0.4) is 0 Å². The van der Waals surface area contributed by atoms with E-state index in [1.165, 1.54) is 102 Å². The van der Waals surface area contributed by atoms with Crippen LogP contribution in [0.25, 0.3) is 0 Å². The van der Waals surface area contributed by atoms with Gasteiger partial charge in [-0.15, -0.1) is 0 Å². The minimum atomic E-state index is -0.301. The average molecular weight is 351 g/mol. The molecule has 2 heteroatoms. The van der Waals surface area contributed by atoms with E-state index in [-0.39, 0.29) is 5.97 Å². The molecule has 0 aromatic carbocycles. The van der Waals surface area contributed by atoms with Gasteiger partial charge in [-0.05, 0) is 26.2 Å². The largest absolute Gasteiger partial charge is 0.463 e. The van der Waals surface area contributed by atoms with E-state index >= 15 is 0 Å². The first kappa shape index (κ1) is 23.9. The third-order valence-corrected chi connectivity index (χ3v) is 4.66. The first-order chi connectivity index (χ1) is 12.3. The fraction of sp³-hybridized carbons (Fsp3) is 0.783. The molecule has 146 valence electrons. The van der Waals surface area contributed by atoms with Gasteiger partial charge in [-0.25, -0.2) is 4.79 Å². The highest BCUT2D eigenvalue weighted by Gasteiger charge is 1.96. The Morgan fingerprint density at radius 2 is 1.12 bits per heavy atom. The Kier molecular flexibility index (Phi) is 20.1. The van der Waals surface area contributed by atoms with Crippen molar-refractivity contribution in [1.29, 1.82) is 0 Å². The van der Waals surface area contributed by atoms with Gasteiger partial charge in [0.05, 0.1) is 6.61 Å². The van der Waals surface area contributed by atoms with E-state index in [1.54, 1.807) is 0 Å². The topological polar surface area (TPSA) is 26.3 Å². The standard InChI is InChI=1S/C23H42O2/c1-3-5-6-7-8-9-10-11-12-13-14-15-16-17-18-19-20-21-22-25-23(24)4-2/h3-5H,2,6-22H2,1H3/b5-3+. The third-order valence-electron chi connectivity index (χ3n) is 4.66. The van der Waals surface area contributed by atoms with E-state index in [0.717, 1.165) is 6.42 Å². The number of carbonyl (C=O) groups excluding carboxylic acids is 1. The van der Waals surface area contributed by atoms with Gasteiger partial charge in [-0.2, -0.15) is 0 Å². The van der Waals surface area contributed by atoms with Crippen molar-refractivity contribution in [2.45, 2.75) is 110 Å². The molecular weight excluding hydrogens is 308 g/mol. The molecule has 0 N–H and O–H groups in total. The maximum Gasteiger partial charge on any atom is 0.330 e. The smallest absolute Gasteiger partial charge is 0.330 e. The lowest BCUT2D eigenvalue weighted by Gasteiger charge is -2.04. The van der Waals surface area contributed by atoms with Crippen LogP contribution in [-0.2, 0) is 9.53 Å². The lowest BCUT2D eigenvalue weighted by Crippen LogP contribution is -2.01. The van der Waals surface area contributed by atoms with Gasteiger partial charge in [-0.1, -0.05) is 102 Å². The maximum atomic E-state index is 10.9. The Balaban J connectivity index is 3.02. The molecule has 0 aliphatic rings. The predicted molar refractivity (Wildman–Crippen MR) is 110 cm³/mol. The number of hydrogen-bond donors (Lipinski definition) is 0. The van der Waals surface area contributed by atoms with Crippen LogP contribution in [0.5, 0.6) is 0 Å². The summed E-state index contributed by atoms with van der Waals surface area (Å²) in [6.45, 7) is 6.03. The Hall–Kier alpha value is -1.05. The molecule has 0 radical (unpaired) electrons. The van der Waals surface area contributed by atoms with E-state index in [9.17, 15) is 4.79 Å². The number of hydrogen-bond acceptors (Lipinski definition) is 2. The van der Waals surface area contributed by atoms with Gasteiger partial charge >= 0.3 is 5.97 Å². The second kappa shape index (κ2) is 21.0. The van der Waals surface area contributed by atoms with E-state index in [2.05, 4.69) is 25.7 Å². The van der Waals surface area contributed by atoms with Crippen LogP contribution in [0.1, 0.15) is 110 Å². The molecule has 0 aliphatic heterocycles. The fourth-order valence-electron chi connectivity index (χ4n) is 3.06. The number of unbranched alkanes of at least 4 members (excludes halogenated alkanes) is 15. The first-order valence-electron chi connectivity index (χ1n) is 10.7. The molecule has 0 rings (SSSR count). The summed E-state index contributed by atoms with van der Waals surface area (Å²) < 4.78 is 4.96. The SMILES string of the molecule is C=CC(=O)OCCCCCCCCCCCCCCCCC/C=C/C. The lowest BCUT2D eigenvalue weighted by molar-refractivity contribution is -0.137. The Morgan fingerprint density at radius 1 is 0.720 bits per heavy atom. The molecule has 0 atom stereocenters. The van der Waals surface area contributed by atoms with Gasteiger partial charge in [0.2, 0.25) is 0 Å². The second-order valence-corrected chi connectivity index (χ2v) is 7.03. The molecule has 0 aromatic rings. The summed E-state index contributed by atoms with van der Waals surface area (Å²) in [5.41, 5.74) is 0. The quantitative estimate of drug-likeness (QED) is 0.104. The van der Waals surface area contributed by atoms with Crippen LogP contribution >= 0.6 is 0 Å². The lowest BCUT2D eigenvalue weighted by atomic mass is 10.0. The van der Waals surface area contributed by atoms with Crippen LogP contribution in [0.4, 0.5) is 0 Å². The number of esters is 1. The Morgan fingerprint density at radius 3 is 1.52 bits per heavy atom. The first-order valence-corrected chi connectivity index (χ1v) is 10.7. The van der Waals surface area contributed by atoms with Crippen molar-refractivity contribution in [3.8, 4) is 0 Å². The minimum absolute atomic E-state index is 0.301. The number of carbonyl (C=O) groups is 1. The average Bonchev–Trinajstić information content (AvgIpc) is 2.63. The molecular formula is C23H42O2. The second-order valence-electron chi connectivity index (χ2n) is 7.03. The predicted octanol–water partition coefficient (Wildman–Crippen LogP) is 7.53. The molecule has 0 aliphatic carbocycles. The monoisotopic (exact) mass is 350 g/mol. The Bertz CT molecular complexity index is 320. The highest BCUT2D eigenvalue weighted by Crippen LogP contribution is 2.13. The summed E-state index contributed by atoms with van der Waals surface area (Å²) in [6, 6.07) is 0. The molecule has 25 heavy (non-hydrogen) atoms. The zero-order chi connectivity index (χ0) is 18.4. The molecule has 0 heterocycles. The van der Waals surface area contributed by atoms with Crippen molar-refractivity contribution in [3.05, 3.63) is 24.8 Å². The van der Waals surface area contributed by atoms with Gasteiger partial charge in [0.1, 0.15) is 0 Å². The van der Waals surface area contributed by atoms with E-state index < -0.39 is 0 Å². The van der Waals surface area contributed by atoms with Crippen LogP contribution in [0.2, 0.25) is 0 Å². The van der Waals surface area contributed by atoms with Crippen LogP contribution < -0.4 is 0 Å². The summed E-state index contributed by atoms with van der Waals surface area (Å²) in [5.74, 6) is -0.301. The molecule has 0 saturated carbocycles. The molecule has 0 aromatic heterocycles. The fourth-order valence-corrected chi connectivity index (χ4v) is 3.06. The molecule has 0 saturated heterocycles. The number of allylic oxidation sites excluding steroid dienone is 2. The summed E-state index contributed by atoms with van der Waals surface area (Å²) in [5, 5.41) is 0. The van der Waals surface area contributed by atoms with Gasteiger partial charge in [0.15, 0.2) is 0 Å². The highest BCUT2D eigenvalue weighted by atomic mass is 16.5. The maximum absolute atomic E-state index is 10.9. The van der Waals surface area contributed by atoms with Crippen LogP contribution in [0, 0.1) is 0 Å². The van der Waals surface area contributed by atoms with E-state index in [1.807, 2.05) is 0 Å². The van der Waals surface area contributed by atoms with Crippen molar-refractivity contribution in [2.75, 3.05) is 6.61 Å². The van der Waals surface area contributed by atoms with Crippen molar-refractivity contribution < 1.29 is 9.53 Å². The normalized spacial score (nSPS) is 11.1. The summed E-state index contributed by atoms with van der Waals surface area (Å²) in [4.78, 5) is 10.9. The highest BCUT2D eigenvalue weighted by molar-refractivity contribution is 5.81. The molecule has 0 amide bonds. The van der Waals surface area contributed by atoms with E-state index in [4.69, 9.17) is 4.74 Å². The third kappa shape index (κ3) is 20.9. The van der Waals surface area contributed by atoms with E-state index in [0.29, 0.717) is 6.61 Å². The molecule has 0 fully saturated rings. The van der Waals surface area contributed by atoms with Crippen molar-refractivity contribution >= 4 is 5.97 Å². The summed E-state index contributed by atoms with van der Waals surface area (Å²) >= 11 is 0. The zero-order valence-electron chi connectivity index (χ0n) is 16.8. The zero-order valence-corrected chi connectivity index (χ0v) is 16.8. The molecule has 0 spiro atoms.